The number of ether oxygens (including phenoxy) is 2. The van der Waals surface area contributed by atoms with Crippen molar-refractivity contribution in [1.29, 1.82) is 0 Å². The first-order chi connectivity index (χ1) is 11.1. The standard InChI is InChI=1S/C18H25NO4/c1-3-10-21-13-18-8-4-11-22-16(18)7-9-19(12-18)17(20)15-6-5-14(2)23-15/h3,5-6,16H,1,4,7-13H2,2H3. The van der Waals surface area contributed by atoms with Gasteiger partial charge in [-0.2, -0.15) is 0 Å². The van der Waals surface area contributed by atoms with Crippen molar-refractivity contribution >= 4 is 5.91 Å². The summed E-state index contributed by atoms with van der Waals surface area (Å²) in [6.07, 6.45) is 4.81. The molecule has 0 spiro atoms. The molecule has 2 aliphatic heterocycles. The van der Waals surface area contributed by atoms with Gasteiger partial charge in [0.25, 0.3) is 5.91 Å². The van der Waals surface area contributed by atoms with Gasteiger partial charge in [-0.1, -0.05) is 6.08 Å². The SMILES string of the molecule is C=CCOCC12CCCOC1CCN(C(=O)c1ccc(C)o1)C2. The third kappa shape index (κ3) is 3.35. The highest BCUT2D eigenvalue weighted by molar-refractivity contribution is 5.91. The lowest BCUT2D eigenvalue weighted by Gasteiger charge is -2.50. The second kappa shape index (κ2) is 6.89. The van der Waals surface area contributed by atoms with Crippen LogP contribution in [0.15, 0.2) is 29.2 Å². The van der Waals surface area contributed by atoms with Crippen LogP contribution in [0.5, 0.6) is 0 Å². The fourth-order valence-corrected chi connectivity index (χ4v) is 3.73. The van der Waals surface area contributed by atoms with Gasteiger partial charge >= 0.3 is 0 Å². The molecule has 23 heavy (non-hydrogen) atoms. The summed E-state index contributed by atoms with van der Waals surface area (Å²) in [5.74, 6) is 1.14. The molecule has 0 bridgehead atoms. The van der Waals surface area contributed by atoms with Crippen LogP contribution in [-0.2, 0) is 9.47 Å². The zero-order chi connectivity index (χ0) is 16.3. The molecule has 3 rings (SSSR count). The summed E-state index contributed by atoms with van der Waals surface area (Å²) in [6, 6.07) is 3.58. The molecule has 2 fully saturated rings. The van der Waals surface area contributed by atoms with Gasteiger partial charge in [-0.25, -0.2) is 0 Å². The Kier molecular flexibility index (Phi) is 4.87. The monoisotopic (exact) mass is 319 g/mol. The van der Waals surface area contributed by atoms with E-state index in [0.29, 0.717) is 32.1 Å². The summed E-state index contributed by atoms with van der Waals surface area (Å²) in [5.41, 5.74) is -0.114. The fourth-order valence-electron chi connectivity index (χ4n) is 3.73. The normalized spacial score (nSPS) is 27.5. The van der Waals surface area contributed by atoms with Crippen molar-refractivity contribution in [3.05, 3.63) is 36.3 Å². The molecule has 5 heteroatoms. The quantitative estimate of drug-likeness (QED) is 0.618. The lowest BCUT2D eigenvalue weighted by atomic mass is 9.73. The molecule has 2 aliphatic rings. The number of fused-ring (bicyclic) bond motifs is 1. The second-order valence-corrected chi connectivity index (χ2v) is 6.55. The van der Waals surface area contributed by atoms with Gasteiger partial charge in [-0.05, 0) is 38.3 Å². The maximum atomic E-state index is 12.7. The molecule has 3 heterocycles. The molecular formula is C18H25NO4. The molecule has 2 unspecified atom stereocenters. The van der Waals surface area contributed by atoms with E-state index < -0.39 is 0 Å². The van der Waals surface area contributed by atoms with E-state index >= 15 is 0 Å². The van der Waals surface area contributed by atoms with Gasteiger partial charge in [0.2, 0.25) is 0 Å². The molecule has 1 aromatic rings. The lowest BCUT2D eigenvalue weighted by molar-refractivity contribution is -0.145. The maximum Gasteiger partial charge on any atom is 0.289 e. The molecule has 0 saturated carbocycles. The van der Waals surface area contributed by atoms with E-state index in [4.69, 9.17) is 13.9 Å². The zero-order valence-corrected chi connectivity index (χ0v) is 13.8. The third-order valence-corrected chi connectivity index (χ3v) is 4.85. The van der Waals surface area contributed by atoms with Crippen molar-refractivity contribution in [2.75, 3.05) is 32.9 Å². The van der Waals surface area contributed by atoms with Crippen LogP contribution in [0.4, 0.5) is 0 Å². The predicted molar refractivity (Wildman–Crippen MR) is 86.4 cm³/mol. The number of likely N-dealkylation sites (tertiary alicyclic amines) is 1. The van der Waals surface area contributed by atoms with Crippen molar-refractivity contribution in [3.63, 3.8) is 0 Å². The number of hydrogen-bond acceptors (Lipinski definition) is 4. The van der Waals surface area contributed by atoms with Gasteiger partial charge in [0.05, 0.1) is 19.3 Å². The Morgan fingerprint density at radius 3 is 3.17 bits per heavy atom. The summed E-state index contributed by atoms with van der Waals surface area (Å²) < 4.78 is 17.2. The van der Waals surface area contributed by atoms with Gasteiger partial charge in [0.15, 0.2) is 5.76 Å². The molecule has 0 aliphatic carbocycles. The Bertz CT molecular complexity index is 567. The number of hydrogen-bond donors (Lipinski definition) is 0. The number of aryl methyl sites for hydroxylation is 1. The van der Waals surface area contributed by atoms with Crippen LogP contribution in [0, 0.1) is 12.3 Å². The minimum Gasteiger partial charge on any atom is -0.456 e. The molecule has 1 amide bonds. The van der Waals surface area contributed by atoms with Gasteiger partial charge in [0.1, 0.15) is 5.76 Å². The van der Waals surface area contributed by atoms with E-state index in [2.05, 4.69) is 6.58 Å². The highest BCUT2D eigenvalue weighted by Crippen LogP contribution is 2.40. The summed E-state index contributed by atoms with van der Waals surface area (Å²) >= 11 is 0. The Balaban J connectivity index is 1.74. The van der Waals surface area contributed by atoms with Crippen molar-refractivity contribution in [2.24, 2.45) is 5.41 Å². The number of rotatable bonds is 5. The molecule has 0 N–H and O–H groups in total. The Labute approximate surface area is 137 Å². The minimum absolute atomic E-state index is 0.0368. The van der Waals surface area contributed by atoms with E-state index in [1.54, 1.807) is 12.1 Å². The fraction of sp³-hybridized carbons (Fsp3) is 0.611. The topological polar surface area (TPSA) is 51.9 Å². The summed E-state index contributed by atoms with van der Waals surface area (Å²) in [5, 5.41) is 0. The molecule has 2 atom stereocenters. The average Bonchev–Trinajstić information content (AvgIpc) is 3.00. The average molecular weight is 319 g/mol. The number of nitrogens with zero attached hydrogens (tertiary/aromatic N) is 1. The van der Waals surface area contributed by atoms with E-state index in [-0.39, 0.29) is 17.4 Å². The first-order valence-electron chi connectivity index (χ1n) is 8.30. The Morgan fingerprint density at radius 2 is 2.43 bits per heavy atom. The first kappa shape index (κ1) is 16.3. The number of carbonyl (C=O) groups is 1. The second-order valence-electron chi connectivity index (χ2n) is 6.55. The van der Waals surface area contributed by atoms with Crippen LogP contribution < -0.4 is 0 Å². The number of amides is 1. The van der Waals surface area contributed by atoms with Crippen LogP contribution >= 0.6 is 0 Å². The van der Waals surface area contributed by atoms with E-state index in [0.717, 1.165) is 31.6 Å². The van der Waals surface area contributed by atoms with Crippen LogP contribution in [0.3, 0.4) is 0 Å². The molecule has 5 nitrogen and oxygen atoms in total. The number of carbonyl (C=O) groups excluding carboxylic acids is 1. The number of piperidine rings is 1. The summed E-state index contributed by atoms with van der Waals surface area (Å²) in [7, 11) is 0. The van der Waals surface area contributed by atoms with Gasteiger partial charge < -0.3 is 18.8 Å². The Hall–Kier alpha value is -1.59. The van der Waals surface area contributed by atoms with E-state index in [9.17, 15) is 4.79 Å². The van der Waals surface area contributed by atoms with Crippen molar-refractivity contribution in [3.8, 4) is 0 Å². The molecule has 1 aromatic heterocycles. The van der Waals surface area contributed by atoms with Crippen LogP contribution in [0.2, 0.25) is 0 Å². The van der Waals surface area contributed by atoms with E-state index in [1.165, 1.54) is 0 Å². The van der Waals surface area contributed by atoms with Crippen LogP contribution in [0.1, 0.15) is 35.6 Å². The zero-order valence-electron chi connectivity index (χ0n) is 13.8. The maximum absolute atomic E-state index is 12.7. The predicted octanol–water partition coefficient (Wildman–Crippen LogP) is 2.80. The molecule has 126 valence electrons. The highest BCUT2D eigenvalue weighted by Gasteiger charge is 2.47. The first-order valence-corrected chi connectivity index (χ1v) is 8.30. The highest BCUT2D eigenvalue weighted by atomic mass is 16.5. The summed E-state index contributed by atoms with van der Waals surface area (Å²) in [4.78, 5) is 14.6. The molecular weight excluding hydrogens is 294 g/mol. The third-order valence-electron chi connectivity index (χ3n) is 4.85. The summed E-state index contributed by atoms with van der Waals surface area (Å²) in [6.45, 7) is 8.84. The van der Waals surface area contributed by atoms with Gasteiger partial charge in [0, 0.05) is 25.1 Å². The van der Waals surface area contributed by atoms with Crippen molar-refractivity contribution in [2.45, 2.75) is 32.3 Å². The lowest BCUT2D eigenvalue weighted by Crippen LogP contribution is -2.58. The Morgan fingerprint density at radius 1 is 1.57 bits per heavy atom. The largest absolute Gasteiger partial charge is 0.456 e. The van der Waals surface area contributed by atoms with Crippen LogP contribution in [-0.4, -0.2) is 49.8 Å². The van der Waals surface area contributed by atoms with Crippen molar-refractivity contribution in [1.82, 2.24) is 4.90 Å². The van der Waals surface area contributed by atoms with Crippen LogP contribution in [0.25, 0.3) is 0 Å². The number of furan rings is 1. The molecule has 0 aromatic carbocycles. The minimum atomic E-state index is -0.114. The smallest absolute Gasteiger partial charge is 0.289 e. The molecule has 2 saturated heterocycles. The van der Waals surface area contributed by atoms with Gasteiger partial charge in [-0.3, -0.25) is 4.79 Å². The molecule has 0 radical (unpaired) electrons. The van der Waals surface area contributed by atoms with E-state index in [1.807, 2.05) is 17.9 Å². The van der Waals surface area contributed by atoms with Gasteiger partial charge in [-0.15, -0.1) is 6.58 Å². The van der Waals surface area contributed by atoms with Crippen molar-refractivity contribution < 1.29 is 18.7 Å².